The number of para-hydroxylation sites is 1. The molecule has 3 nitrogen and oxygen atoms in total. The number of amides is 1. The van der Waals surface area contributed by atoms with E-state index in [0.717, 1.165) is 22.2 Å². The monoisotopic (exact) mass is 332 g/mol. The summed E-state index contributed by atoms with van der Waals surface area (Å²) < 4.78 is 1.12. The van der Waals surface area contributed by atoms with Gasteiger partial charge < -0.3 is 10.6 Å². The largest absolute Gasteiger partial charge is 0.373 e. The van der Waals surface area contributed by atoms with E-state index < -0.39 is 0 Å². The van der Waals surface area contributed by atoms with Crippen molar-refractivity contribution in [2.24, 2.45) is 0 Å². The fraction of sp³-hybridized carbons (Fsp3) is 0.417. The maximum Gasteiger partial charge on any atom is 0.242 e. The molecule has 0 bridgehead atoms. The smallest absolute Gasteiger partial charge is 0.242 e. The molecule has 0 aromatic heterocycles. The number of hydrogen-bond acceptors (Lipinski definition) is 2. The summed E-state index contributed by atoms with van der Waals surface area (Å²) in [4.78, 5) is 11.6. The van der Waals surface area contributed by atoms with Crippen LogP contribution < -0.4 is 10.6 Å². The third-order valence-electron chi connectivity index (χ3n) is 2.19. The van der Waals surface area contributed by atoms with Gasteiger partial charge in [0.15, 0.2) is 0 Å². The summed E-state index contributed by atoms with van der Waals surface area (Å²) in [6.07, 6.45) is 0.960. The van der Waals surface area contributed by atoms with Crippen molar-refractivity contribution >= 4 is 34.2 Å². The van der Waals surface area contributed by atoms with Gasteiger partial charge >= 0.3 is 0 Å². The predicted molar refractivity (Wildman–Crippen MR) is 75.5 cm³/mol. The van der Waals surface area contributed by atoms with E-state index in [4.69, 9.17) is 0 Å². The maximum absolute atomic E-state index is 11.6. The van der Waals surface area contributed by atoms with Crippen LogP contribution in [-0.2, 0) is 4.79 Å². The van der Waals surface area contributed by atoms with Crippen molar-refractivity contribution in [3.63, 3.8) is 0 Å². The van der Waals surface area contributed by atoms with E-state index in [2.05, 4.69) is 33.2 Å². The molecule has 0 aliphatic carbocycles. The van der Waals surface area contributed by atoms with Gasteiger partial charge in [-0.25, -0.2) is 0 Å². The van der Waals surface area contributed by atoms with Crippen molar-refractivity contribution in [1.29, 1.82) is 0 Å². The van der Waals surface area contributed by atoms with Gasteiger partial charge in [-0.1, -0.05) is 19.1 Å². The van der Waals surface area contributed by atoms with E-state index in [-0.39, 0.29) is 11.9 Å². The van der Waals surface area contributed by atoms with Crippen LogP contribution in [0.5, 0.6) is 0 Å². The molecule has 0 heterocycles. The first kappa shape index (κ1) is 13.3. The van der Waals surface area contributed by atoms with Gasteiger partial charge in [0.25, 0.3) is 0 Å². The summed E-state index contributed by atoms with van der Waals surface area (Å²) in [5.74, 6) is 0.0431. The summed E-state index contributed by atoms with van der Waals surface area (Å²) in [7, 11) is 0. The van der Waals surface area contributed by atoms with Crippen LogP contribution in [-0.4, -0.2) is 18.5 Å². The van der Waals surface area contributed by atoms with Crippen LogP contribution in [0, 0.1) is 3.57 Å². The molecular weight excluding hydrogens is 315 g/mol. The number of benzene rings is 1. The molecule has 0 saturated carbocycles. The zero-order valence-corrected chi connectivity index (χ0v) is 11.7. The standard InChI is InChI=1S/C12H17IN2O/c1-3-8-14-12(16)9(2)15-11-7-5-4-6-10(11)13/h4-7,9,15H,3,8H2,1-2H3,(H,14,16). The lowest BCUT2D eigenvalue weighted by Crippen LogP contribution is -2.38. The molecule has 16 heavy (non-hydrogen) atoms. The SMILES string of the molecule is CCCNC(=O)C(C)Nc1ccccc1I. The molecule has 1 aromatic carbocycles. The summed E-state index contributed by atoms with van der Waals surface area (Å²) in [5, 5.41) is 6.07. The molecule has 2 N–H and O–H groups in total. The molecule has 1 atom stereocenters. The minimum atomic E-state index is -0.206. The number of hydrogen-bond donors (Lipinski definition) is 2. The molecule has 88 valence electrons. The van der Waals surface area contributed by atoms with Gasteiger partial charge in [0.1, 0.15) is 6.04 Å². The summed E-state index contributed by atoms with van der Waals surface area (Å²) in [5.41, 5.74) is 1.00. The molecule has 1 rings (SSSR count). The molecular formula is C12H17IN2O. The highest BCUT2D eigenvalue weighted by Gasteiger charge is 2.12. The lowest BCUT2D eigenvalue weighted by atomic mass is 10.2. The Morgan fingerprint density at radius 2 is 2.12 bits per heavy atom. The molecule has 4 heteroatoms. The average Bonchev–Trinajstić information content (AvgIpc) is 2.28. The zero-order valence-electron chi connectivity index (χ0n) is 9.59. The second kappa shape index (κ2) is 6.73. The first-order chi connectivity index (χ1) is 7.65. The van der Waals surface area contributed by atoms with E-state index in [0.29, 0.717) is 0 Å². The van der Waals surface area contributed by atoms with Crippen LogP contribution >= 0.6 is 22.6 Å². The van der Waals surface area contributed by atoms with E-state index >= 15 is 0 Å². The van der Waals surface area contributed by atoms with E-state index in [1.807, 2.05) is 38.1 Å². The first-order valence-electron chi connectivity index (χ1n) is 5.44. The maximum atomic E-state index is 11.6. The third kappa shape index (κ3) is 4.00. The Balaban J connectivity index is 2.54. The van der Waals surface area contributed by atoms with Crippen molar-refractivity contribution in [3.05, 3.63) is 27.8 Å². The second-order valence-electron chi connectivity index (χ2n) is 3.64. The van der Waals surface area contributed by atoms with Crippen LogP contribution in [0.1, 0.15) is 20.3 Å². The number of carbonyl (C=O) groups is 1. The normalized spacial score (nSPS) is 11.9. The van der Waals surface area contributed by atoms with Crippen LogP contribution in [0.3, 0.4) is 0 Å². The molecule has 1 unspecified atom stereocenters. The quantitative estimate of drug-likeness (QED) is 0.814. The van der Waals surface area contributed by atoms with Crippen LogP contribution in [0.25, 0.3) is 0 Å². The summed E-state index contributed by atoms with van der Waals surface area (Å²) in [6, 6.07) is 7.73. The Morgan fingerprint density at radius 3 is 2.75 bits per heavy atom. The Kier molecular flexibility index (Phi) is 5.59. The number of anilines is 1. The van der Waals surface area contributed by atoms with Crippen LogP contribution in [0.4, 0.5) is 5.69 Å². The lowest BCUT2D eigenvalue weighted by molar-refractivity contribution is -0.121. The van der Waals surface area contributed by atoms with Gasteiger partial charge in [-0.05, 0) is 48.1 Å². The number of halogens is 1. The second-order valence-corrected chi connectivity index (χ2v) is 4.80. The minimum Gasteiger partial charge on any atom is -0.373 e. The topological polar surface area (TPSA) is 41.1 Å². The van der Waals surface area contributed by atoms with Gasteiger partial charge in [-0.3, -0.25) is 4.79 Å². The fourth-order valence-electron chi connectivity index (χ4n) is 1.28. The first-order valence-corrected chi connectivity index (χ1v) is 6.51. The van der Waals surface area contributed by atoms with Gasteiger partial charge in [0.05, 0.1) is 0 Å². The molecule has 0 saturated heterocycles. The number of rotatable bonds is 5. The van der Waals surface area contributed by atoms with Gasteiger partial charge in [-0.15, -0.1) is 0 Å². The minimum absolute atomic E-state index is 0.0431. The van der Waals surface area contributed by atoms with Crippen LogP contribution in [0.15, 0.2) is 24.3 Å². The van der Waals surface area contributed by atoms with Crippen molar-refractivity contribution in [3.8, 4) is 0 Å². The Hall–Kier alpha value is -0.780. The third-order valence-corrected chi connectivity index (χ3v) is 3.13. The highest BCUT2D eigenvalue weighted by molar-refractivity contribution is 14.1. The highest BCUT2D eigenvalue weighted by atomic mass is 127. The number of carbonyl (C=O) groups excluding carboxylic acids is 1. The molecule has 1 aromatic rings. The van der Waals surface area contributed by atoms with Crippen molar-refractivity contribution in [2.45, 2.75) is 26.3 Å². The molecule has 0 radical (unpaired) electrons. The van der Waals surface area contributed by atoms with Gasteiger partial charge in [0, 0.05) is 15.8 Å². The Morgan fingerprint density at radius 1 is 1.44 bits per heavy atom. The van der Waals surface area contributed by atoms with Crippen molar-refractivity contribution in [2.75, 3.05) is 11.9 Å². The van der Waals surface area contributed by atoms with Gasteiger partial charge in [-0.2, -0.15) is 0 Å². The summed E-state index contributed by atoms with van der Waals surface area (Å²) >= 11 is 2.25. The average molecular weight is 332 g/mol. The Labute approximate surface area is 110 Å². The summed E-state index contributed by atoms with van der Waals surface area (Å²) in [6.45, 7) is 4.64. The van der Waals surface area contributed by atoms with Gasteiger partial charge in [0.2, 0.25) is 5.91 Å². The molecule has 0 fully saturated rings. The molecule has 0 spiro atoms. The highest BCUT2D eigenvalue weighted by Crippen LogP contribution is 2.17. The molecule has 1 amide bonds. The van der Waals surface area contributed by atoms with Crippen LogP contribution in [0.2, 0.25) is 0 Å². The van der Waals surface area contributed by atoms with E-state index in [1.54, 1.807) is 0 Å². The molecule has 0 aliphatic heterocycles. The van der Waals surface area contributed by atoms with Crippen molar-refractivity contribution < 1.29 is 4.79 Å². The number of nitrogens with one attached hydrogen (secondary N) is 2. The Bertz CT molecular complexity index is 355. The van der Waals surface area contributed by atoms with E-state index in [9.17, 15) is 4.79 Å². The predicted octanol–water partition coefficient (Wildman–Crippen LogP) is 2.62. The van der Waals surface area contributed by atoms with Crippen molar-refractivity contribution in [1.82, 2.24) is 5.32 Å². The fourth-order valence-corrected chi connectivity index (χ4v) is 1.82. The van der Waals surface area contributed by atoms with E-state index in [1.165, 1.54) is 0 Å². The zero-order chi connectivity index (χ0) is 12.0. The lowest BCUT2D eigenvalue weighted by Gasteiger charge is -2.15. The molecule has 0 aliphatic rings.